The number of piperidine rings is 1. The molecule has 1 amide bonds. The van der Waals surface area contributed by atoms with Gasteiger partial charge in [-0.25, -0.2) is 4.79 Å². The summed E-state index contributed by atoms with van der Waals surface area (Å²) in [6.45, 7) is 5.04. The van der Waals surface area contributed by atoms with Crippen molar-refractivity contribution < 1.29 is 14.3 Å². The van der Waals surface area contributed by atoms with Crippen LogP contribution in [0.15, 0.2) is 30.3 Å². The summed E-state index contributed by atoms with van der Waals surface area (Å²) < 4.78 is 5.08. The fourth-order valence-electron chi connectivity index (χ4n) is 4.84. The van der Waals surface area contributed by atoms with Crippen LogP contribution in [0.3, 0.4) is 0 Å². The Morgan fingerprint density at radius 1 is 1.03 bits per heavy atom. The zero-order chi connectivity index (χ0) is 20.3. The van der Waals surface area contributed by atoms with Crippen LogP contribution in [0.4, 0.5) is 5.69 Å². The average Bonchev–Trinajstić information content (AvgIpc) is 3.54. The molecule has 2 aliphatic heterocycles. The SMILES string of the molecule is COC(=O)[C@H](CCN1CCC2(CC1)CC2)N1CCN(c2ccccc2)CCC1=O. The van der Waals surface area contributed by atoms with Gasteiger partial charge in [0.15, 0.2) is 0 Å². The van der Waals surface area contributed by atoms with Crippen LogP contribution < -0.4 is 4.90 Å². The number of benzene rings is 1. The third-order valence-corrected chi connectivity index (χ3v) is 7.09. The molecule has 1 spiro atoms. The number of esters is 1. The smallest absolute Gasteiger partial charge is 0.328 e. The summed E-state index contributed by atoms with van der Waals surface area (Å²) in [4.78, 5) is 31.9. The van der Waals surface area contributed by atoms with Crippen molar-refractivity contribution in [2.45, 2.75) is 44.6 Å². The molecule has 6 heteroatoms. The molecule has 2 heterocycles. The first-order chi connectivity index (χ1) is 14.1. The minimum atomic E-state index is -0.486. The number of rotatable bonds is 6. The van der Waals surface area contributed by atoms with Crippen molar-refractivity contribution >= 4 is 17.6 Å². The highest BCUT2D eigenvalue weighted by Gasteiger charge is 2.44. The van der Waals surface area contributed by atoms with E-state index in [1.165, 1.54) is 32.8 Å². The number of ether oxygens (including phenoxy) is 1. The van der Waals surface area contributed by atoms with Gasteiger partial charge in [-0.3, -0.25) is 4.79 Å². The Morgan fingerprint density at radius 2 is 1.76 bits per heavy atom. The van der Waals surface area contributed by atoms with Crippen LogP contribution in [-0.2, 0) is 14.3 Å². The van der Waals surface area contributed by atoms with E-state index in [9.17, 15) is 9.59 Å². The maximum absolute atomic E-state index is 12.9. The highest BCUT2D eigenvalue weighted by atomic mass is 16.5. The Kier molecular flexibility index (Phi) is 6.09. The van der Waals surface area contributed by atoms with Gasteiger partial charge in [-0.2, -0.15) is 0 Å². The molecule has 29 heavy (non-hydrogen) atoms. The maximum Gasteiger partial charge on any atom is 0.328 e. The van der Waals surface area contributed by atoms with Crippen molar-refractivity contribution in [3.05, 3.63) is 30.3 Å². The van der Waals surface area contributed by atoms with Crippen LogP contribution >= 0.6 is 0 Å². The molecule has 1 aromatic carbocycles. The molecule has 2 saturated heterocycles. The summed E-state index contributed by atoms with van der Waals surface area (Å²) in [7, 11) is 1.42. The number of methoxy groups -OCH3 is 1. The average molecular weight is 400 g/mol. The lowest BCUT2D eigenvalue weighted by Gasteiger charge is -2.34. The minimum Gasteiger partial charge on any atom is -0.467 e. The van der Waals surface area contributed by atoms with Crippen molar-refractivity contribution in [2.24, 2.45) is 5.41 Å². The van der Waals surface area contributed by atoms with Crippen molar-refractivity contribution in [2.75, 3.05) is 51.3 Å². The molecule has 4 rings (SSSR count). The van der Waals surface area contributed by atoms with Gasteiger partial charge in [-0.15, -0.1) is 0 Å². The number of amides is 1. The molecule has 0 bridgehead atoms. The molecule has 0 aromatic heterocycles. The topological polar surface area (TPSA) is 53.1 Å². The lowest BCUT2D eigenvalue weighted by Crippen LogP contribution is -2.48. The van der Waals surface area contributed by atoms with Crippen molar-refractivity contribution in [3.8, 4) is 0 Å². The number of carbonyl (C=O) groups excluding carboxylic acids is 2. The second-order valence-electron chi connectivity index (χ2n) is 8.83. The molecule has 1 atom stereocenters. The van der Waals surface area contributed by atoms with E-state index in [1.807, 2.05) is 18.2 Å². The number of nitrogens with zero attached hydrogens (tertiary/aromatic N) is 3. The summed E-state index contributed by atoms with van der Waals surface area (Å²) in [5.74, 6) is -0.239. The molecule has 0 unspecified atom stereocenters. The van der Waals surface area contributed by atoms with Gasteiger partial charge < -0.3 is 19.4 Å². The van der Waals surface area contributed by atoms with E-state index in [0.29, 0.717) is 31.3 Å². The first kappa shape index (κ1) is 20.2. The lowest BCUT2D eigenvalue weighted by molar-refractivity contribution is -0.153. The van der Waals surface area contributed by atoms with E-state index in [2.05, 4.69) is 21.9 Å². The van der Waals surface area contributed by atoms with Gasteiger partial charge in [0.2, 0.25) is 5.91 Å². The normalized spacial score (nSPS) is 23.0. The predicted octanol–water partition coefficient (Wildman–Crippen LogP) is 2.53. The van der Waals surface area contributed by atoms with Crippen LogP contribution in [0.1, 0.15) is 38.5 Å². The molecule has 3 aliphatic rings. The summed E-state index contributed by atoms with van der Waals surface area (Å²) in [5, 5.41) is 0. The standard InChI is InChI=1S/C23H33N3O3/c1-29-22(28)20(7-13-24-15-11-23(9-10-23)12-16-24)26-18-17-25(14-8-21(26)27)19-5-3-2-4-6-19/h2-6,20H,7-18H2,1H3/t20-/m0/s1. The molecule has 0 radical (unpaired) electrons. The Morgan fingerprint density at radius 3 is 2.41 bits per heavy atom. The molecule has 3 fully saturated rings. The number of anilines is 1. The first-order valence-corrected chi connectivity index (χ1v) is 11.0. The zero-order valence-electron chi connectivity index (χ0n) is 17.5. The molecule has 0 N–H and O–H groups in total. The summed E-state index contributed by atoms with van der Waals surface area (Å²) in [5.41, 5.74) is 1.78. The molecular weight excluding hydrogens is 366 g/mol. The Bertz CT molecular complexity index is 709. The van der Waals surface area contributed by atoms with E-state index < -0.39 is 6.04 Å². The van der Waals surface area contributed by atoms with Gasteiger partial charge in [0.05, 0.1) is 7.11 Å². The van der Waals surface area contributed by atoms with Crippen molar-refractivity contribution in [1.82, 2.24) is 9.80 Å². The quantitative estimate of drug-likeness (QED) is 0.688. The van der Waals surface area contributed by atoms with Gasteiger partial charge in [-0.05, 0) is 62.7 Å². The van der Waals surface area contributed by atoms with Gasteiger partial charge in [0, 0.05) is 38.3 Å². The van der Waals surface area contributed by atoms with E-state index >= 15 is 0 Å². The van der Waals surface area contributed by atoms with E-state index in [-0.39, 0.29) is 11.9 Å². The van der Waals surface area contributed by atoms with Gasteiger partial charge in [0.1, 0.15) is 6.04 Å². The van der Waals surface area contributed by atoms with E-state index in [0.717, 1.165) is 31.9 Å². The Labute approximate surface area is 173 Å². The molecule has 158 valence electrons. The van der Waals surface area contributed by atoms with Crippen LogP contribution in [0, 0.1) is 5.41 Å². The van der Waals surface area contributed by atoms with E-state index in [4.69, 9.17) is 4.74 Å². The highest BCUT2D eigenvalue weighted by molar-refractivity contribution is 5.85. The Balaban J connectivity index is 1.37. The monoisotopic (exact) mass is 399 g/mol. The summed E-state index contributed by atoms with van der Waals surface area (Å²) >= 11 is 0. The lowest BCUT2D eigenvalue weighted by atomic mass is 9.93. The third kappa shape index (κ3) is 4.74. The van der Waals surface area contributed by atoms with Crippen LogP contribution in [-0.4, -0.2) is 74.1 Å². The van der Waals surface area contributed by atoms with Gasteiger partial charge in [-0.1, -0.05) is 18.2 Å². The second-order valence-corrected chi connectivity index (χ2v) is 8.83. The number of carbonyl (C=O) groups is 2. The molecular formula is C23H33N3O3. The molecule has 1 aliphatic carbocycles. The summed E-state index contributed by atoms with van der Waals surface area (Å²) in [6.07, 6.45) is 6.43. The Hall–Kier alpha value is -2.08. The predicted molar refractivity (Wildman–Crippen MR) is 113 cm³/mol. The highest BCUT2D eigenvalue weighted by Crippen LogP contribution is 2.53. The fraction of sp³-hybridized carbons (Fsp3) is 0.652. The molecule has 6 nitrogen and oxygen atoms in total. The van der Waals surface area contributed by atoms with Gasteiger partial charge >= 0.3 is 5.97 Å². The number of hydrogen-bond donors (Lipinski definition) is 0. The first-order valence-electron chi connectivity index (χ1n) is 11.0. The number of para-hydroxylation sites is 1. The van der Waals surface area contributed by atoms with Crippen LogP contribution in [0.5, 0.6) is 0 Å². The fourth-order valence-corrected chi connectivity index (χ4v) is 4.84. The zero-order valence-corrected chi connectivity index (χ0v) is 17.5. The van der Waals surface area contributed by atoms with E-state index in [1.54, 1.807) is 4.90 Å². The van der Waals surface area contributed by atoms with Gasteiger partial charge in [0.25, 0.3) is 0 Å². The second kappa shape index (κ2) is 8.74. The van der Waals surface area contributed by atoms with Crippen molar-refractivity contribution in [1.29, 1.82) is 0 Å². The maximum atomic E-state index is 12.9. The molecule has 1 saturated carbocycles. The van der Waals surface area contributed by atoms with Crippen molar-refractivity contribution in [3.63, 3.8) is 0 Å². The third-order valence-electron chi connectivity index (χ3n) is 7.09. The van der Waals surface area contributed by atoms with Crippen LogP contribution in [0.2, 0.25) is 0 Å². The number of hydrogen-bond acceptors (Lipinski definition) is 5. The number of likely N-dealkylation sites (tertiary alicyclic amines) is 1. The van der Waals surface area contributed by atoms with Crippen LogP contribution in [0.25, 0.3) is 0 Å². The molecule has 1 aromatic rings. The largest absolute Gasteiger partial charge is 0.467 e. The summed E-state index contributed by atoms with van der Waals surface area (Å²) in [6, 6.07) is 9.68. The minimum absolute atomic E-state index is 0.0504.